The molecule has 8 nitrogen and oxygen atoms in total. The number of hydrogen-bond acceptors (Lipinski definition) is 7. The van der Waals surface area contributed by atoms with E-state index in [4.69, 9.17) is 9.26 Å². The van der Waals surface area contributed by atoms with E-state index in [0.29, 0.717) is 37.8 Å². The van der Waals surface area contributed by atoms with E-state index < -0.39 is 0 Å². The molecule has 140 valence electrons. The van der Waals surface area contributed by atoms with Crippen LogP contribution in [0.1, 0.15) is 18.6 Å². The number of rotatable bonds is 7. The van der Waals surface area contributed by atoms with Gasteiger partial charge in [-0.3, -0.25) is 4.79 Å². The lowest BCUT2D eigenvalue weighted by molar-refractivity contribution is -0.135. The minimum absolute atomic E-state index is 0.0714. The molecule has 0 bridgehead atoms. The van der Waals surface area contributed by atoms with Crippen LogP contribution in [0.2, 0.25) is 0 Å². The first-order chi connectivity index (χ1) is 12.6. The summed E-state index contributed by atoms with van der Waals surface area (Å²) in [4.78, 5) is 25.4. The van der Waals surface area contributed by atoms with Gasteiger partial charge in [0.05, 0.1) is 19.1 Å². The monoisotopic (exact) mass is 359 g/mol. The zero-order valence-corrected chi connectivity index (χ0v) is 15.5. The molecule has 3 heterocycles. The van der Waals surface area contributed by atoms with Crippen molar-refractivity contribution in [3.8, 4) is 0 Å². The first kappa shape index (κ1) is 18.3. The Morgan fingerprint density at radius 3 is 3.00 bits per heavy atom. The molecule has 0 unspecified atom stereocenters. The third-order valence-corrected chi connectivity index (χ3v) is 4.69. The van der Waals surface area contributed by atoms with E-state index in [-0.39, 0.29) is 17.7 Å². The zero-order chi connectivity index (χ0) is 18.5. The van der Waals surface area contributed by atoms with E-state index in [0.717, 1.165) is 12.4 Å². The maximum Gasteiger partial charge on any atom is 0.246 e. The number of anilines is 1. The van der Waals surface area contributed by atoms with E-state index in [1.807, 2.05) is 18.2 Å². The molecule has 2 aromatic rings. The van der Waals surface area contributed by atoms with E-state index in [1.165, 1.54) is 0 Å². The highest BCUT2D eigenvalue weighted by Crippen LogP contribution is 2.28. The van der Waals surface area contributed by atoms with Crippen LogP contribution in [-0.2, 0) is 22.5 Å². The van der Waals surface area contributed by atoms with Gasteiger partial charge < -0.3 is 19.1 Å². The van der Waals surface area contributed by atoms with Gasteiger partial charge in [-0.25, -0.2) is 4.98 Å². The molecular weight excluding hydrogens is 334 g/mol. The molecule has 1 aliphatic heterocycles. The van der Waals surface area contributed by atoms with E-state index in [2.05, 4.69) is 26.9 Å². The van der Waals surface area contributed by atoms with Crippen molar-refractivity contribution in [3.05, 3.63) is 36.1 Å². The quantitative estimate of drug-likeness (QED) is 0.738. The molecule has 0 N–H and O–H groups in total. The van der Waals surface area contributed by atoms with Gasteiger partial charge in [0.15, 0.2) is 5.82 Å². The maximum absolute atomic E-state index is 12.9. The average Bonchev–Trinajstić information content (AvgIpc) is 3.26. The van der Waals surface area contributed by atoms with Crippen molar-refractivity contribution in [3.63, 3.8) is 0 Å². The van der Waals surface area contributed by atoms with Gasteiger partial charge in [0.25, 0.3) is 0 Å². The highest BCUT2D eigenvalue weighted by molar-refractivity contribution is 5.80. The smallest absolute Gasteiger partial charge is 0.246 e. The number of pyridine rings is 1. The molecule has 2 atom stereocenters. The topological polar surface area (TPSA) is 84.6 Å². The normalized spacial score (nSPS) is 19.7. The molecule has 2 aromatic heterocycles. The number of aromatic nitrogens is 3. The number of carbonyl (C=O) groups is 1. The fraction of sp³-hybridized carbons (Fsp3) is 0.556. The number of ether oxygens (including phenoxy) is 1. The summed E-state index contributed by atoms with van der Waals surface area (Å²) in [6, 6.07) is 5.83. The van der Waals surface area contributed by atoms with Gasteiger partial charge in [-0.1, -0.05) is 18.1 Å². The van der Waals surface area contributed by atoms with Crippen molar-refractivity contribution in [1.29, 1.82) is 0 Å². The maximum atomic E-state index is 12.9. The van der Waals surface area contributed by atoms with Crippen LogP contribution in [0, 0.1) is 11.8 Å². The number of hydrogen-bond donors (Lipinski definition) is 0. The molecule has 0 aromatic carbocycles. The van der Waals surface area contributed by atoms with Crippen molar-refractivity contribution in [2.24, 2.45) is 11.8 Å². The van der Waals surface area contributed by atoms with Crippen molar-refractivity contribution < 1.29 is 14.1 Å². The number of methoxy groups -OCH3 is 1. The molecule has 0 spiro atoms. The Morgan fingerprint density at radius 1 is 1.42 bits per heavy atom. The predicted octanol–water partition coefficient (Wildman–Crippen LogP) is 1.38. The summed E-state index contributed by atoms with van der Waals surface area (Å²) in [5.41, 5.74) is 0. The minimum Gasteiger partial charge on any atom is -0.384 e. The summed E-state index contributed by atoms with van der Waals surface area (Å²) < 4.78 is 10.2. The van der Waals surface area contributed by atoms with Crippen LogP contribution in [0.25, 0.3) is 0 Å². The first-order valence-corrected chi connectivity index (χ1v) is 8.80. The summed E-state index contributed by atoms with van der Waals surface area (Å²) in [5.74, 6) is 2.23. The molecule has 3 rings (SSSR count). The predicted molar refractivity (Wildman–Crippen MR) is 95.5 cm³/mol. The molecule has 0 radical (unpaired) electrons. The van der Waals surface area contributed by atoms with Gasteiger partial charge >= 0.3 is 0 Å². The fourth-order valence-corrected chi connectivity index (χ4v) is 3.23. The number of nitrogens with zero attached hydrogens (tertiary/aromatic N) is 5. The van der Waals surface area contributed by atoms with Crippen LogP contribution in [0.15, 0.2) is 28.9 Å². The lowest BCUT2D eigenvalue weighted by atomic mass is 9.97. The second kappa shape index (κ2) is 8.27. The zero-order valence-electron chi connectivity index (χ0n) is 15.5. The molecule has 0 aliphatic carbocycles. The third-order valence-electron chi connectivity index (χ3n) is 4.69. The van der Waals surface area contributed by atoms with Crippen LogP contribution >= 0.6 is 0 Å². The van der Waals surface area contributed by atoms with E-state index in [1.54, 1.807) is 25.3 Å². The summed E-state index contributed by atoms with van der Waals surface area (Å²) in [5, 5.41) is 3.91. The van der Waals surface area contributed by atoms with Crippen LogP contribution in [0.5, 0.6) is 0 Å². The third kappa shape index (κ3) is 4.19. The molecule has 0 saturated carbocycles. The number of carbonyl (C=O) groups excluding carboxylic acids is 1. The van der Waals surface area contributed by atoms with Crippen LogP contribution in [-0.4, -0.2) is 59.8 Å². The fourth-order valence-electron chi connectivity index (χ4n) is 3.23. The Kier molecular flexibility index (Phi) is 5.82. The highest BCUT2D eigenvalue weighted by Gasteiger charge is 2.37. The van der Waals surface area contributed by atoms with E-state index >= 15 is 0 Å². The standard InChI is InChI=1S/C18H25N5O3/c1-13-10-23(16-6-4-5-8-19-16)11-14(13)18(24)22(2)12-17-20-15(21-26-17)7-9-25-3/h4-6,8,13-14H,7,9-12H2,1-3H3/t13-,14-/m1/s1. The molecule has 1 aliphatic rings. The van der Waals surface area contributed by atoms with Gasteiger partial charge in [0.2, 0.25) is 11.8 Å². The van der Waals surface area contributed by atoms with E-state index in [9.17, 15) is 4.79 Å². The average molecular weight is 359 g/mol. The summed E-state index contributed by atoms with van der Waals surface area (Å²) >= 11 is 0. The second-order valence-electron chi connectivity index (χ2n) is 6.72. The van der Waals surface area contributed by atoms with Gasteiger partial charge in [-0.05, 0) is 18.1 Å². The Hall–Kier alpha value is -2.48. The minimum atomic E-state index is -0.0714. The Morgan fingerprint density at radius 2 is 2.27 bits per heavy atom. The molecule has 8 heteroatoms. The molecule has 1 fully saturated rings. The van der Waals surface area contributed by atoms with Gasteiger partial charge in [-0.15, -0.1) is 0 Å². The van der Waals surface area contributed by atoms with Gasteiger partial charge in [0, 0.05) is 39.9 Å². The van der Waals surface area contributed by atoms with Crippen molar-refractivity contribution >= 4 is 11.7 Å². The van der Waals surface area contributed by atoms with Crippen LogP contribution < -0.4 is 4.90 Å². The highest BCUT2D eigenvalue weighted by atomic mass is 16.5. The second-order valence-corrected chi connectivity index (χ2v) is 6.72. The Bertz CT molecular complexity index is 721. The Balaban J connectivity index is 1.58. The molecular formula is C18H25N5O3. The molecule has 1 amide bonds. The summed E-state index contributed by atoms with van der Waals surface area (Å²) in [6.07, 6.45) is 2.37. The SMILES string of the molecule is COCCc1noc(CN(C)C(=O)[C@@H]2CN(c3ccccn3)C[C@H]2C)n1. The van der Waals surface area contributed by atoms with Crippen LogP contribution in [0.3, 0.4) is 0 Å². The van der Waals surface area contributed by atoms with Crippen molar-refractivity contribution in [1.82, 2.24) is 20.0 Å². The summed E-state index contributed by atoms with van der Waals surface area (Å²) in [6.45, 7) is 4.45. The first-order valence-electron chi connectivity index (χ1n) is 8.80. The summed E-state index contributed by atoms with van der Waals surface area (Å²) in [7, 11) is 3.40. The largest absolute Gasteiger partial charge is 0.384 e. The van der Waals surface area contributed by atoms with Gasteiger partial charge in [-0.2, -0.15) is 4.98 Å². The number of amides is 1. The lowest BCUT2D eigenvalue weighted by Gasteiger charge is -2.21. The van der Waals surface area contributed by atoms with Crippen LogP contribution in [0.4, 0.5) is 5.82 Å². The Labute approximate surface area is 153 Å². The molecule has 1 saturated heterocycles. The van der Waals surface area contributed by atoms with Crippen molar-refractivity contribution in [2.75, 3.05) is 38.8 Å². The lowest BCUT2D eigenvalue weighted by Crippen LogP contribution is -2.36. The molecule has 26 heavy (non-hydrogen) atoms. The van der Waals surface area contributed by atoms with Gasteiger partial charge in [0.1, 0.15) is 5.82 Å². The van der Waals surface area contributed by atoms with Crippen molar-refractivity contribution in [2.45, 2.75) is 19.9 Å².